The molecule has 1 heterocycles. The Bertz CT molecular complexity index is 1090. The number of nitrogens with one attached hydrogen (secondary N) is 2. The van der Waals surface area contributed by atoms with Crippen molar-refractivity contribution in [2.75, 3.05) is 6.54 Å². The van der Waals surface area contributed by atoms with Crippen LogP contribution in [-0.2, 0) is 11.3 Å². The van der Waals surface area contributed by atoms with Crippen molar-refractivity contribution >= 4 is 17.5 Å². The molecule has 31 heavy (non-hydrogen) atoms. The third-order valence-electron chi connectivity index (χ3n) is 4.05. The molecule has 0 aliphatic rings. The summed E-state index contributed by atoms with van der Waals surface area (Å²) in [6.07, 6.45) is 1.51. The van der Waals surface area contributed by atoms with Crippen LogP contribution in [0.5, 0.6) is 11.6 Å². The molecule has 0 bridgehead atoms. The maximum atomic E-state index is 12.9. The Morgan fingerprint density at radius 3 is 2.52 bits per heavy atom. The number of pyridine rings is 1. The van der Waals surface area contributed by atoms with Gasteiger partial charge in [-0.2, -0.15) is 0 Å². The molecule has 2 N–H and O–H groups in total. The second-order valence-electron chi connectivity index (χ2n) is 6.33. The summed E-state index contributed by atoms with van der Waals surface area (Å²) in [5.74, 6) is -0.652. The van der Waals surface area contributed by atoms with Crippen molar-refractivity contribution in [1.29, 1.82) is 0 Å². The molecule has 3 aromatic rings. The average molecular weight is 424 g/mol. The second-order valence-corrected chi connectivity index (χ2v) is 6.33. The molecule has 0 fully saturated rings. The van der Waals surface area contributed by atoms with Gasteiger partial charge in [0.1, 0.15) is 11.6 Å². The molecular formula is C21H17FN4O5. The Morgan fingerprint density at radius 2 is 1.84 bits per heavy atom. The number of non-ortho nitro benzene ring substituents is 1. The van der Waals surface area contributed by atoms with Crippen LogP contribution in [0.2, 0.25) is 0 Å². The number of ether oxygens (including phenoxy) is 1. The number of nitrogens with zero attached hydrogens (tertiary/aromatic N) is 2. The SMILES string of the molecule is O=C(CNC(=O)c1cccc([N+](=O)[O-])c1)NCc1ccc(Oc2ccc(F)cc2)nc1. The molecule has 0 spiro atoms. The molecule has 2 aromatic carbocycles. The van der Waals surface area contributed by atoms with Crippen molar-refractivity contribution in [3.63, 3.8) is 0 Å². The lowest BCUT2D eigenvalue weighted by molar-refractivity contribution is -0.384. The molecule has 0 saturated heterocycles. The largest absolute Gasteiger partial charge is 0.439 e. The van der Waals surface area contributed by atoms with Gasteiger partial charge in [0.05, 0.1) is 11.5 Å². The highest BCUT2D eigenvalue weighted by atomic mass is 19.1. The van der Waals surface area contributed by atoms with E-state index in [2.05, 4.69) is 15.6 Å². The molecule has 10 heteroatoms. The number of nitro benzene ring substituents is 1. The lowest BCUT2D eigenvalue weighted by Crippen LogP contribution is -2.36. The van der Waals surface area contributed by atoms with Gasteiger partial charge in [-0.05, 0) is 35.9 Å². The first-order valence-electron chi connectivity index (χ1n) is 9.08. The summed E-state index contributed by atoms with van der Waals surface area (Å²) in [6, 6.07) is 14.0. The van der Waals surface area contributed by atoms with Gasteiger partial charge in [-0.3, -0.25) is 19.7 Å². The average Bonchev–Trinajstić information content (AvgIpc) is 2.78. The normalized spacial score (nSPS) is 10.2. The molecule has 0 aliphatic heterocycles. The van der Waals surface area contributed by atoms with E-state index in [4.69, 9.17) is 4.74 Å². The van der Waals surface area contributed by atoms with E-state index >= 15 is 0 Å². The van der Waals surface area contributed by atoms with Crippen LogP contribution < -0.4 is 15.4 Å². The highest BCUT2D eigenvalue weighted by Crippen LogP contribution is 2.19. The van der Waals surface area contributed by atoms with E-state index in [-0.39, 0.29) is 30.2 Å². The van der Waals surface area contributed by atoms with E-state index in [1.54, 1.807) is 12.1 Å². The molecule has 9 nitrogen and oxygen atoms in total. The Balaban J connectivity index is 1.45. The van der Waals surface area contributed by atoms with Crippen molar-refractivity contribution in [2.24, 2.45) is 0 Å². The fourth-order valence-corrected chi connectivity index (χ4v) is 2.49. The van der Waals surface area contributed by atoms with Gasteiger partial charge in [0.2, 0.25) is 11.8 Å². The Morgan fingerprint density at radius 1 is 1.06 bits per heavy atom. The maximum absolute atomic E-state index is 12.9. The van der Waals surface area contributed by atoms with E-state index in [0.717, 1.165) is 6.07 Å². The first-order chi connectivity index (χ1) is 14.9. The lowest BCUT2D eigenvalue weighted by Gasteiger charge is -2.08. The van der Waals surface area contributed by atoms with Gasteiger partial charge in [0.15, 0.2) is 0 Å². The van der Waals surface area contributed by atoms with Gasteiger partial charge in [-0.1, -0.05) is 12.1 Å². The van der Waals surface area contributed by atoms with E-state index in [9.17, 15) is 24.1 Å². The van der Waals surface area contributed by atoms with Gasteiger partial charge in [-0.25, -0.2) is 9.37 Å². The van der Waals surface area contributed by atoms with Crippen molar-refractivity contribution < 1.29 is 23.6 Å². The predicted octanol–water partition coefficient (Wildman–Crippen LogP) is 2.97. The van der Waals surface area contributed by atoms with E-state index in [0.29, 0.717) is 17.2 Å². The third-order valence-corrected chi connectivity index (χ3v) is 4.05. The van der Waals surface area contributed by atoms with Crippen LogP contribution in [0.15, 0.2) is 66.9 Å². The Kier molecular flexibility index (Phi) is 6.84. The number of rotatable bonds is 8. The second kappa shape index (κ2) is 9.92. The number of hydrogen-bond donors (Lipinski definition) is 2. The van der Waals surface area contributed by atoms with Gasteiger partial charge >= 0.3 is 0 Å². The van der Waals surface area contributed by atoms with Crippen molar-refractivity contribution in [1.82, 2.24) is 15.6 Å². The van der Waals surface area contributed by atoms with Crippen LogP contribution in [0.3, 0.4) is 0 Å². The molecule has 0 atom stereocenters. The number of hydrogen-bond acceptors (Lipinski definition) is 6. The maximum Gasteiger partial charge on any atom is 0.270 e. The zero-order chi connectivity index (χ0) is 22.2. The van der Waals surface area contributed by atoms with Crippen molar-refractivity contribution in [3.05, 3.63) is 93.9 Å². The summed E-state index contributed by atoms with van der Waals surface area (Å²) in [5.41, 5.74) is 0.573. The predicted molar refractivity (Wildman–Crippen MR) is 108 cm³/mol. The molecular weight excluding hydrogens is 407 g/mol. The summed E-state index contributed by atoms with van der Waals surface area (Å²) in [6.45, 7) is -0.115. The van der Waals surface area contributed by atoms with Crippen LogP contribution in [0, 0.1) is 15.9 Å². The van der Waals surface area contributed by atoms with Gasteiger partial charge in [0.25, 0.3) is 11.6 Å². The number of benzene rings is 2. The third kappa shape index (κ3) is 6.32. The highest BCUT2D eigenvalue weighted by molar-refractivity contribution is 5.96. The van der Waals surface area contributed by atoms with Crippen molar-refractivity contribution in [3.8, 4) is 11.6 Å². The molecule has 158 valence electrons. The number of carbonyl (C=O) groups excluding carboxylic acids is 2. The lowest BCUT2D eigenvalue weighted by atomic mass is 10.2. The summed E-state index contributed by atoms with van der Waals surface area (Å²) >= 11 is 0. The number of aromatic nitrogens is 1. The fraction of sp³-hybridized carbons (Fsp3) is 0.0952. The molecule has 1 aromatic heterocycles. The minimum Gasteiger partial charge on any atom is -0.439 e. The summed E-state index contributed by atoms with van der Waals surface area (Å²) in [4.78, 5) is 38.3. The molecule has 3 rings (SSSR count). The quantitative estimate of drug-likeness (QED) is 0.423. The smallest absolute Gasteiger partial charge is 0.270 e. The monoisotopic (exact) mass is 424 g/mol. The molecule has 0 saturated carbocycles. The van der Waals surface area contributed by atoms with Crippen LogP contribution in [0.4, 0.5) is 10.1 Å². The first-order valence-corrected chi connectivity index (χ1v) is 9.08. The van der Waals surface area contributed by atoms with E-state index in [1.165, 1.54) is 48.7 Å². The summed E-state index contributed by atoms with van der Waals surface area (Å²) < 4.78 is 18.4. The van der Waals surface area contributed by atoms with Gasteiger partial charge in [0, 0.05) is 36.5 Å². The number of halogens is 1. The standard InChI is InChI=1S/C21H17FN4O5/c22-16-5-7-18(8-6-16)31-20-9-4-14(12-24-20)11-23-19(27)13-25-21(28)15-2-1-3-17(10-15)26(29)30/h1-10,12H,11,13H2,(H,23,27)(H,25,28). The minimum atomic E-state index is -0.604. The zero-order valence-electron chi connectivity index (χ0n) is 16.1. The molecule has 0 aliphatic carbocycles. The van der Waals surface area contributed by atoms with Crippen LogP contribution >= 0.6 is 0 Å². The van der Waals surface area contributed by atoms with Gasteiger partial charge in [-0.15, -0.1) is 0 Å². The first kappa shape index (κ1) is 21.4. The number of amides is 2. The van der Waals surface area contributed by atoms with Gasteiger partial charge < -0.3 is 15.4 Å². The van der Waals surface area contributed by atoms with Crippen LogP contribution in [0.25, 0.3) is 0 Å². The minimum absolute atomic E-state index is 0.0861. The van der Waals surface area contributed by atoms with Crippen molar-refractivity contribution in [2.45, 2.75) is 6.54 Å². The van der Waals surface area contributed by atoms with Crippen LogP contribution in [-0.4, -0.2) is 28.3 Å². The Labute approximate surface area is 176 Å². The summed E-state index contributed by atoms with van der Waals surface area (Å²) in [7, 11) is 0. The van der Waals surface area contributed by atoms with Crippen LogP contribution in [0.1, 0.15) is 15.9 Å². The molecule has 2 amide bonds. The number of nitro groups is 1. The molecule has 0 radical (unpaired) electrons. The highest BCUT2D eigenvalue weighted by Gasteiger charge is 2.12. The van der Waals surface area contributed by atoms with E-state index in [1.807, 2.05) is 0 Å². The Hall–Kier alpha value is -4.34. The number of carbonyl (C=O) groups is 2. The summed E-state index contributed by atoms with van der Waals surface area (Å²) in [5, 5.41) is 15.8. The van der Waals surface area contributed by atoms with E-state index < -0.39 is 16.7 Å². The fourth-order valence-electron chi connectivity index (χ4n) is 2.49. The zero-order valence-corrected chi connectivity index (χ0v) is 16.1. The topological polar surface area (TPSA) is 123 Å². The molecule has 0 unspecified atom stereocenters.